The first kappa shape index (κ1) is 12.7. The van der Waals surface area contributed by atoms with Gasteiger partial charge in [-0.15, -0.1) is 0 Å². The van der Waals surface area contributed by atoms with E-state index in [1.54, 1.807) is 12.3 Å². The molecule has 0 aliphatic carbocycles. The van der Waals surface area contributed by atoms with E-state index in [1.165, 1.54) is 18.3 Å². The molecule has 1 atom stereocenters. The third-order valence-electron chi connectivity index (χ3n) is 3.69. The van der Waals surface area contributed by atoms with Gasteiger partial charge in [-0.2, -0.15) is 5.10 Å². The third kappa shape index (κ3) is 2.05. The molecular weight excluding hydrogens is 283 g/mol. The Bertz CT molecular complexity index is 915. The number of hydrogen-bond donors (Lipinski definition) is 2. The van der Waals surface area contributed by atoms with Crippen molar-refractivity contribution >= 4 is 34.4 Å². The molecule has 1 aliphatic rings. The van der Waals surface area contributed by atoms with E-state index < -0.39 is 5.92 Å². The average molecular weight is 294 g/mol. The van der Waals surface area contributed by atoms with Crippen molar-refractivity contribution in [3.05, 3.63) is 54.0 Å². The Kier molecular flexibility index (Phi) is 2.75. The van der Waals surface area contributed by atoms with Crippen molar-refractivity contribution < 1.29 is 9.18 Å². The Morgan fingerprint density at radius 1 is 1.23 bits per heavy atom. The van der Waals surface area contributed by atoms with Crippen molar-refractivity contribution in [1.82, 2.24) is 10.2 Å². The molecule has 1 aromatic heterocycles. The highest BCUT2D eigenvalue weighted by Gasteiger charge is 2.29. The van der Waals surface area contributed by atoms with Gasteiger partial charge in [0, 0.05) is 17.3 Å². The Morgan fingerprint density at radius 2 is 2.14 bits per heavy atom. The molecule has 22 heavy (non-hydrogen) atoms. The van der Waals surface area contributed by atoms with E-state index in [-0.39, 0.29) is 11.7 Å². The maximum Gasteiger partial charge on any atom is 0.237 e. The second-order valence-corrected chi connectivity index (χ2v) is 5.12. The fourth-order valence-electron chi connectivity index (χ4n) is 2.57. The lowest BCUT2D eigenvalue weighted by atomic mass is 10.0. The Hall–Kier alpha value is -3.02. The van der Waals surface area contributed by atoms with Crippen molar-refractivity contribution in [3.63, 3.8) is 0 Å². The number of aromatic nitrogens is 2. The van der Waals surface area contributed by atoms with Crippen molar-refractivity contribution in [3.8, 4) is 0 Å². The SMILES string of the molecule is O=C1Nc2ccc(F)cc2C1C=Nc1ccc2cn[nH]c2c1. The van der Waals surface area contributed by atoms with Gasteiger partial charge in [-0.3, -0.25) is 14.9 Å². The maximum atomic E-state index is 13.4. The van der Waals surface area contributed by atoms with E-state index in [1.807, 2.05) is 18.2 Å². The van der Waals surface area contributed by atoms with Crippen LogP contribution in [0.15, 0.2) is 47.6 Å². The molecule has 0 saturated heterocycles. The summed E-state index contributed by atoms with van der Waals surface area (Å²) < 4.78 is 13.4. The lowest BCUT2D eigenvalue weighted by molar-refractivity contribution is -0.115. The Labute approximate surface area is 124 Å². The van der Waals surface area contributed by atoms with Crippen molar-refractivity contribution in [2.75, 3.05) is 5.32 Å². The number of anilines is 1. The number of benzene rings is 2. The van der Waals surface area contributed by atoms with E-state index in [0.29, 0.717) is 16.9 Å². The van der Waals surface area contributed by atoms with E-state index in [0.717, 1.165) is 10.9 Å². The maximum absolute atomic E-state index is 13.4. The first-order valence-electron chi connectivity index (χ1n) is 6.78. The van der Waals surface area contributed by atoms with Crippen LogP contribution in [0.4, 0.5) is 15.8 Å². The van der Waals surface area contributed by atoms with Gasteiger partial charge in [0.1, 0.15) is 11.7 Å². The van der Waals surface area contributed by atoms with Gasteiger partial charge in [0.05, 0.1) is 17.4 Å². The number of carbonyl (C=O) groups is 1. The van der Waals surface area contributed by atoms with Gasteiger partial charge in [-0.1, -0.05) is 0 Å². The number of aromatic amines is 1. The molecule has 2 N–H and O–H groups in total. The topological polar surface area (TPSA) is 70.1 Å². The summed E-state index contributed by atoms with van der Waals surface area (Å²) in [6.07, 6.45) is 3.27. The van der Waals surface area contributed by atoms with E-state index in [4.69, 9.17) is 0 Å². The molecule has 0 fully saturated rings. The van der Waals surface area contributed by atoms with E-state index in [2.05, 4.69) is 20.5 Å². The lowest BCUT2D eigenvalue weighted by Crippen LogP contribution is -2.12. The normalized spacial score (nSPS) is 17.1. The molecule has 108 valence electrons. The highest BCUT2D eigenvalue weighted by atomic mass is 19.1. The smallest absolute Gasteiger partial charge is 0.237 e. The first-order chi connectivity index (χ1) is 10.7. The molecule has 2 heterocycles. The van der Waals surface area contributed by atoms with Crippen molar-refractivity contribution in [2.24, 2.45) is 4.99 Å². The van der Waals surface area contributed by atoms with Gasteiger partial charge >= 0.3 is 0 Å². The summed E-state index contributed by atoms with van der Waals surface area (Å²) in [5.41, 5.74) is 2.81. The fraction of sp³-hybridized carbons (Fsp3) is 0.0625. The third-order valence-corrected chi connectivity index (χ3v) is 3.69. The molecule has 3 aromatic rings. The van der Waals surface area contributed by atoms with Gasteiger partial charge < -0.3 is 5.32 Å². The number of halogens is 1. The number of aliphatic imine (C=N–C) groups is 1. The van der Waals surface area contributed by atoms with E-state index >= 15 is 0 Å². The molecular formula is C16H11FN4O. The molecule has 0 radical (unpaired) electrons. The largest absolute Gasteiger partial charge is 0.325 e. The van der Waals surface area contributed by atoms with E-state index in [9.17, 15) is 9.18 Å². The number of carbonyl (C=O) groups excluding carboxylic acids is 1. The average Bonchev–Trinajstić information content (AvgIpc) is 3.08. The van der Waals surface area contributed by atoms with Crippen molar-refractivity contribution in [2.45, 2.75) is 5.92 Å². The number of H-pyrrole nitrogens is 1. The summed E-state index contributed by atoms with van der Waals surface area (Å²) in [7, 11) is 0. The van der Waals surface area contributed by atoms with Crippen LogP contribution in [0.5, 0.6) is 0 Å². The van der Waals surface area contributed by atoms with Crippen LogP contribution >= 0.6 is 0 Å². The Morgan fingerprint density at radius 3 is 3.05 bits per heavy atom. The number of nitrogens with zero attached hydrogens (tertiary/aromatic N) is 2. The van der Waals surface area contributed by atoms with Crippen LogP contribution < -0.4 is 5.32 Å². The molecule has 5 nitrogen and oxygen atoms in total. The molecule has 6 heteroatoms. The zero-order chi connectivity index (χ0) is 15.1. The summed E-state index contributed by atoms with van der Waals surface area (Å²) in [6, 6.07) is 9.83. The molecule has 0 saturated carbocycles. The first-order valence-corrected chi connectivity index (χ1v) is 6.78. The summed E-state index contributed by atoms with van der Waals surface area (Å²) in [5, 5.41) is 10.5. The minimum Gasteiger partial charge on any atom is -0.325 e. The molecule has 1 unspecified atom stereocenters. The summed E-state index contributed by atoms with van der Waals surface area (Å²) >= 11 is 0. The number of rotatable bonds is 2. The predicted octanol–water partition coefficient (Wildman–Crippen LogP) is 3.14. The zero-order valence-corrected chi connectivity index (χ0v) is 11.4. The van der Waals surface area contributed by atoms with Gasteiger partial charge in [0.25, 0.3) is 0 Å². The predicted molar refractivity (Wildman–Crippen MR) is 82.0 cm³/mol. The van der Waals surface area contributed by atoms with Crippen LogP contribution in [0.25, 0.3) is 10.9 Å². The van der Waals surface area contributed by atoms with Crippen LogP contribution in [0.2, 0.25) is 0 Å². The molecule has 0 spiro atoms. The molecule has 4 rings (SSSR count). The summed E-state index contributed by atoms with van der Waals surface area (Å²) in [6.45, 7) is 0. The van der Waals surface area contributed by atoms with Gasteiger partial charge in [-0.25, -0.2) is 4.39 Å². The zero-order valence-electron chi connectivity index (χ0n) is 11.4. The minimum atomic E-state index is -0.580. The van der Waals surface area contributed by atoms with Crippen LogP contribution in [0.1, 0.15) is 11.5 Å². The number of fused-ring (bicyclic) bond motifs is 2. The number of nitrogens with one attached hydrogen (secondary N) is 2. The standard InChI is InChI=1S/C16H11FN4O/c17-10-2-4-14-12(5-10)13(16(22)20-14)8-18-11-3-1-9-7-19-21-15(9)6-11/h1-8,13H,(H,19,21)(H,20,22). The second kappa shape index (κ2) is 4.77. The monoisotopic (exact) mass is 294 g/mol. The lowest BCUT2D eigenvalue weighted by Gasteiger charge is -2.02. The summed E-state index contributed by atoms with van der Waals surface area (Å²) in [4.78, 5) is 16.3. The molecule has 1 aliphatic heterocycles. The highest BCUT2D eigenvalue weighted by molar-refractivity contribution is 6.12. The van der Waals surface area contributed by atoms with Crippen LogP contribution in [-0.4, -0.2) is 22.3 Å². The highest BCUT2D eigenvalue weighted by Crippen LogP contribution is 2.32. The van der Waals surface area contributed by atoms with Gasteiger partial charge in [0.2, 0.25) is 5.91 Å². The van der Waals surface area contributed by atoms with Crippen LogP contribution in [0, 0.1) is 5.82 Å². The van der Waals surface area contributed by atoms with Crippen LogP contribution in [0.3, 0.4) is 0 Å². The van der Waals surface area contributed by atoms with Crippen LogP contribution in [-0.2, 0) is 4.79 Å². The van der Waals surface area contributed by atoms with Gasteiger partial charge in [0.15, 0.2) is 0 Å². The second-order valence-electron chi connectivity index (χ2n) is 5.12. The molecule has 2 aromatic carbocycles. The van der Waals surface area contributed by atoms with Gasteiger partial charge in [-0.05, 0) is 42.0 Å². The minimum absolute atomic E-state index is 0.202. The fourth-order valence-corrected chi connectivity index (χ4v) is 2.57. The van der Waals surface area contributed by atoms with Crippen molar-refractivity contribution in [1.29, 1.82) is 0 Å². The number of amides is 1. The summed E-state index contributed by atoms with van der Waals surface area (Å²) in [5.74, 6) is -1.15. The molecule has 1 amide bonds. The Balaban J connectivity index is 1.68. The quantitative estimate of drug-likeness (QED) is 0.713. The number of hydrogen-bond acceptors (Lipinski definition) is 3. The molecule has 0 bridgehead atoms.